The summed E-state index contributed by atoms with van der Waals surface area (Å²) >= 11 is 9.56. The third kappa shape index (κ3) is 3.41. The summed E-state index contributed by atoms with van der Waals surface area (Å²) in [6.45, 7) is 4.99. The molecule has 0 fully saturated rings. The van der Waals surface area contributed by atoms with E-state index in [2.05, 4.69) is 43.5 Å². The zero-order valence-electron chi connectivity index (χ0n) is 11.4. The van der Waals surface area contributed by atoms with Gasteiger partial charge in [-0.1, -0.05) is 24.6 Å². The molecule has 0 spiro atoms. The van der Waals surface area contributed by atoms with Crippen LogP contribution >= 0.6 is 27.5 Å². The lowest BCUT2D eigenvalue weighted by atomic mass is 10.2. The molecule has 0 saturated heterocycles. The Morgan fingerprint density at radius 2 is 2.00 bits per heavy atom. The van der Waals surface area contributed by atoms with Gasteiger partial charge in [-0.05, 0) is 41.4 Å². The highest BCUT2D eigenvalue weighted by Crippen LogP contribution is 2.32. The van der Waals surface area contributed by atoms with Crippen LogP contribution in [0, 0.1) is 6.92 Å². The molecule has 0 aliphatic carbocycles. The number of hydrogen-bond donors (Lipinski definition) is 2. The van der Waals surface area contributed by atoms with Gasteiger partial charge < -0.3 is 10.6 Å². The van der Waals surface area contributed by atoms with Crippen molar-refractivity contribution in [3.8, 4) is 0 Å². The second-order valence-electron chi connectivity index (χ2n) is 4.35. The fraction of sp³-hybridized carbons (Fsp3) is 0.286. The minimum absolute atomic E-state index is 0.658. The van der Waals surface area contributed by atoms with Crippen molar-refractivity contribution in [3.63, 3.8) is 0 Å². The van der Waals surface area contributed by atoms with Crippen molar-refractivity contribution in [2.75, 3.05) is 17.2 Å². The van der Waals surface area contributed by atoms with Crippen molar-refractivity contribution in [1.29, 1.82) is 0 Å². The molecule has 0 radical (unpaired) electrons. The molecular formula is C14H16BrClN4. The van der Waals surface area contributed by atoms with Crippen LogP contribution in [0.25, 0.3) is 0 Å². The molecule has 0 aliphatic heterocycles. The summed E-state index contributed by atoms with van der Waals surface area (Å²) in [5.41, 5.74) is 1.86. The molecule has 0 aliphatic rings. The van der Waals surface area contributed by atoms with Gasteiger partial charge in [-0.25, -0.2) is 9.97 Å². The van der Waals surface area contributed by atoms with Crippen molar-refractivity contribution in [2.45, 2.75) is 20.3 Å². The summed E-state index contributed by atoms with van der Waals surface area (Å²) in [5.74, 6) is 1.61. The lowest BCUT2D eigenvalue weighted by molar-refractivity contribution is 0.960. The van der Waals surface area contributed by atoms with E-state index in [1.54, 1.807) is 6.33 Å². The van der Waals surface area contributed by atoms with Crippen LogP contribution in [0.2, 0.25) is 5.02 Å². The summed E-state index contributed by atoms with van der Waals surface area (Å²) in [6.07, 6.45) is 2.60. The Morgan fingerprint density at radius 1 is 1.25 bits per heavy atom. The molecule has 106 valence electrons. The second-order valence-corrected chi connectivity index (χ2v) is 5.55. The highest BCUT2D eigenvalue weighted by molar-refractivity contribution is 9.10. The lowest BCUT2D eigenvalue weighted by Gasteiger charge is -2.13. The van der Waals surface area contributed by atoms with E-state index in [1.165, 1.54) is 0 Å². The fourth-order valence-electron chi connectivity index (χ4n) is 1.73. The van der Waals surface area contributed by atoms with E-state index in [1.807, 2.05) is 25.1 Å². The minimum Gasteiger partial charge on any atom is -0.370 e. The molecule has 0 unspecified atom stereocenters. The van der Waals surface area contributed by atoms with Crippen molar-refractivity contribution in [2.24, 2.45) is 0 Å². The van der Waals surface area contributed by atoms with E-state index >= 15 is 0 Å². The van der Waals surface area contributed by atoms with Crippen molar-refractivity contribution in [1.82, 2.24) is 9.97 Å². The van der Waals surface area contributed by atoms with Crippen LogP contribution in [0.15, 0.2) is 29.0 Å². The molecule has 2 N–H and O–H groups in total. The smallest absolute Gasteiger partial charge is 0.138 e. The molecule has 0 amide bonds. The first kappa shape index (κ1) is 15.1. The zero-order chi connectivity index (χ0) is 14.5. The van der Waals surface area contributed by atoms with Crippen molar-refractivity contribution in [3.05, 3.63) is 39.6 Å². The Bertz CT molecular complexity index is 604. The van der Waals surface area contributed by atoms with E-state index in [0.717, 1.165) is 40.3 Å². The predicted octanol–water partition coefficient (Wildman–Crippen LogP) is 4.77. The van der Waals surface area contributed by atoms with E-state index in [0.29, 0.717) is 5.02 Å². The van der Waals surface area contributed by atoms with Gasteiger partial charge in [-0.15, -0.1) is 0 Å². The number of aromatic nitrogens is 2. The number of nitrogens with one attached hydrogen (secondary N) is 2. The van der Waals surface area contributed by atoms with Gasteiger partial charge in [-0.2, -0.15) is 0 Å². The first-order valence-corrected chi connectivity index (χ1v) is 7.57. The molecule has 0 saturated carbocycles. The minimum atomic E-state index is 0.658. The summed E-state index contributed by atoms with van der Waals surface area (Å²) < 4.78 is 0.822. The first-order chi connectivity index (χ1) is 9.63. The van der Waals surface area contributed by atoms with Gasteiger partial charge in [0.1, 0.15) is 18.0 Å². The van der Waals surface area contributed by atoms with Gasteiger partial charge >= 0.3 is 0 Å². The number of anilines is 3. The monoisotopic (exact) mass is 354 g/mol. The summed E-state index contributed by atoms with van der Waals surface area (Å²) in [7, 11) is 0. The molecule has 1 aromatic heterocycles. The van der Waals surface area contributed by atoms with Crippen LogP contribution in [0.1, 0.15) is 18.9 Å². The van der Waals surface area contributed by atoms with Gasteiger partial charge in [0.05, 0.1) is 15.2 Å². The number of rotatable bonds is 5. The molecule has 4 nitrogen and oxygen atoms in total. The standard InChI is InChI=1S/C14H16BrClN4/c1-3-7-17-13-9(2)14(19-8-18-13)20-11-6-4-5-10(16)12(11)15/h4-6,8H,3,7H2,1-2H3,(H2,17,18,19,20). The Balaban J connectivity index is 2.27. The number of halogens is 2. The first-order valence-electron chi connectivity index (χ1n) is 6.40. The van der Waals surface area contributed by atoms with Crippen molar-refractivity contribution >= 4 is 44.9 Å². The van der Waals surface area contributed by atoms with Gasteiger partial charge in [0.15, 0.2) is 0 Å². The van der Waals surface area contributed by atoms with Gasteiger partial charge in [0.25, 0.3) is 0 Å². The Hall–Kier alpha value is -1.33. The largest absolute Gasteiger partial charge is 0.370 e. The average Bonchev–Trinajstić information content (AvgIpc) is 2.44. The molecule has 2 aromatic rings. The molecule has 1 heterocycles. The van der Waals surface area contributed by atoms with Crippen LogP contribution in [0.5, 0.6) is 0 Å². The number of benzene rings is 1. The maximum atomic E-state index is 6.09. The number of hydrogen-bond acceptors (Lipinski definition) is 4. The Labute approximate surface area is 132 Å². The van der Waals surface area contributed by atoms with E-state index in [-0.39, 0.29) is 0 Å². The summed E-state index contributed by atoms with van der Waals surface area (Å²) in [4.78, 5) is 8.54. The SMILES string of the molecule is CCCNc1ncnc(Nc2cccc(Cl)c2Br)c1C. The van der Waals surface area contributed by atoms with Crippen LogP contribution in [-0.4, -0.2) is 16.5 Å². The van der Waals surface area contributed by atoms with E-state index in [4.69, 9.17) is 11.6 Å². The predicted molar refractivity (Wildman–Crippen MR) is 88.0 cm³/mol. The fourth-order valence-corrected chi connectivity index (χ4v) is 2.26. The van der Waals surface area contributed by atoms with Crippen LogP contribution < -0.4 is 10.6 Å². The quantitative estimate of drug-likeness (QED) is 0.811. The Kier molecular flexibility index (Phi) is 5.20. The molecule has 1 aromatic carbocycles. The van der Waals surface area contributed by atoms with E-state index < -0.39 is 0 Å². The second kappa shape index (κ2) is 6.90. The molecule has 6 heteroatoms. The molecular weight excluding hydrogens is 340 g/mol. The maximum Gasteiger partial charge on any atom is 0.138 e. The Morgan fingerprint density at radius 3 is 2.75 bits per heavy atom. The van der Waals surface area contributed by atoms with Crippen LogP contribution in [0.4, 0.5) is 17.3 Å². The topological polar surface area (TPSA) is 49.8 Å². The average molecular weight is 356 g/mol. The molecule has 0 atom stereocenters. The third-order valence-electron chi connectivity index (χ3n) is 2.83. The van der Waals surface area contributed by atoms with Crippen LogP contribution in [0.3, 0.4) is 0 Å². The van der Waals surface area contributed by atoms with Gasteiger partial charge in [-0.3, -0.25) is 0 Å². The third-order valence-corrected chi connectivity index (χ3v) is 4.23. The number of nitrogens with zero attached hydrogens (tertiary/aromatic N) is 2. The molecule has 20 heavy (non-hydrogen) atoms. The maximum absolute atomic E-state index is 6.09. The summed E-state index contributed by atoms with van der Waals surface area (Å²) in [6, 6.07) is 5.66. The highest BCUT2D eigenvalue weighted by Gasteiger charge is 2.09. The lowest BCUT2D eigenvalue weighted by Crippen LogP contribution is -2.07. The van der Waals surface area contributed by atoms with Crippen molar-refractivity contribution < 1.29 is 0 Å². The zero-order valence-corrected chi connectivity index (χ0v) is 13.7. The van der Waals surface area contributed by atoms with Gasteiger partial charge in [0.2, 0.25) is 0 Å². The highest BCUT2D eigenvalue weighted by atomic mass is 79.9. The molecule has 0 bridgehead atoms. The van der Waals surface area contributed by atoms with Crippen LogP contribution in [-0.2, 0) is 0 Å². The summed E-state index contributed by atoms with van der Waals surface area (Å²) in [5, 5.41) is 7.22. The normalized spacial score (nSPS) is 10.4. The molecule has 2 rings (SSSR count). The van der Waals surface area contributed by atoms with Gasteiger partial charge in [0, 0.05) is 12.1 Å². The van der Waals surface area contributed by atoms with E-state index in [9.17, 15) is 0 Å².